The number of esters is 1. The summed E-state index contributed by atoms with van der Waals surface area (Å²) in [7, 11) is 0. The van der Waals surface area contributed by atoms with Crippen molar-refractivity contribution in [3.63, 3.8) is 0 Å². The van der Waals surface area contributed by atoms with E-state index in [0.29, 0.717) is 19.8 Å². The van der Waals surface area contributed by atoms with E-state index < -0.39 is 0 Å². The maximum Gasteiger partial charge on any atom is 0.330 e. The molecule has 0 radical (unpaired) electrons. The highest BCUT2D eigenvalue weighted by Gasteiger charge is 2.11. The van der Waals surface area contributed by atoms with Gasteiger partial charge in [0.1, 0.15) is 0 Å². The molecule has 0 saturated heterocycles. The van der Waals surface area contributed by atoms with Crippen LogP contribution in [0.5, 0.6) is 0 Å². The topological polar surface area (TPSA) is 35.5 Å². The summed E-state index contributed by atoms with van der Waals surface area (Å²) < 4.78 is 10.8. The Balaban J connectivity index is 3.31. The van der Waals surface area contributed by atoms with Crippen molar-refractivity contribution >= 4 is 5.97 Å². The molecule has 0 amide bonds. The molecule has 0 aliphatic heterocycles. The average molecular weight is 563 g/mol. The van der Waals surface area contributed by atoms with Crippen LogP contribution in [0, 0.1) is 5.92 Å². The minimum atomic E-state index is -0.348. The fourth-order valence-electron chi connectivity index (χ4n) is 5.54. The summed E-state index contributed by atoms with van der Waals surface area (Å²) in [5.41, 5.74) is 0. The van der Waals surface area contributed by atoms with E-state index >= 15 is 0 Å². The molecule has 236 valence electrons. The molecule has 0 heterocycles. The van der Waals surface area contributed by atoms with Gasteiger partial charge >= 0.3 is 5.97 Å². The molecule has 0 aromatic heterocycles. The van der Waals surface area contributed by atoms with Crippen LogP contribution >= 0.6 is 0 Å². The zero-order valence-electron chi connectivity index (χ0n) is 27.1. The highest BCUT2D eigenvalue weighted by molar-refractivity contribution is 5.81. The number of unbranched alkanes of at least 4 members (excludes halogenated alkanes) is 25. The zero-order chi connectivity index (χ0) is 29.2. The van der Waals surface area contributed by atoms with Gasteiger partial charge in [-0.05, 0) is 6.42 Å². The van der Waals surface area contributed by atoms with Crippen LogP contribution in [0.3, 0.4) is 0 Å². The third-order valence-electron chi connectivity index (χ3n) is 8.18. The first kappa shape index (κ1) is 38.9. The molecule has 0 aromatic rings. The molecule has 0 bridgehead atoms. The third kappa shape index (κ3) is 31.4. The van der Waals surface area contributed by atoms with E-state index in [9.17, 15) is 4.79 Å². The number of hydrogen-bond acceptors (Lipinski definition) is 3. The molecule has 0 fully saturated rings. The van der Waals surface area contributed by atoms with Crippen LogP contribution in [-0.2, 0) is 14.3 Å². The Morgan fingerprint density at radius 2 is 0.900 bits per heavy atom. The van der Waals surface area contributed by atoms with Gasteiger partial charge in [0.2, 0.25) is 0 Å². The Morgan fingerprint density at radius 3 is 1.23 bits per heavy atom. The van der Waals surface area contributed by atoms with Gasteiger partial charge in [0.25, 0.3) is 0 Å². The number of carbonyl (C=O) groups is 1. The lowest BCUT2D eigenvalue weighted by Crippen LogP contribution is -2.18. The van der Waals surface area contributed by atoms with Gasteiger partial charge in [0.15, 0.2) is 0 Å². The molecule has 0 aromatic carbocycles. The van der Waals surface area contributed by atoms with Crippen LogP contribution in [0.15, 0.2) is 25.3 Å². The van der Waals surface area contributed by atoms with E-state index in [1.54, 1.807) is 6.08 Å². The first-order valence-corrected chi connectivity index (χ1v) is 17.7. The summed E-state index contributed by atoms with van der Waals surface area (Å²) in [4.78, 5) is 11.3. The summed E-state index contributed by atoms with van der Waals surface area (Å²) >= 11 is 0. The Bertz CT molecular complexity index is 530. The van der Waals surface area contributed by atoms with Crippen LogP contribution in [0.2, 0.25) is 0 Å². The summed E-state index contributed by atoms with van der Waals surface area (Å²) in [6.07, 6.45) is 40.9. The highest BCUT2D eigenvalue weighted by Crippen LogP contribution is 2.17. The van der Waals surface area contributed by atoms with Gasteiger partial charge in [-0.15, -0.1) is 6.58 Å². The molecule has 1 unspecified atom stereocenters. The number of ether oxygens (including phenoxy) is 2. The molecule has 0 aliphatic rings. The van der Waals surface area contributed by atoms with E-state index in [0.717, 1.165) is 6.42 Å². The maximum atomic E-state index is 11.3. The molecule has 1 atom stereocenters. The van der Waals surface area contributed by atoms with Gasteiger partial charge in [-0.3, -0.25) is 0 Å². The van der Waals surface area contributed by atoms with Crippen LogP contribution in [0.4, 0.5) is 0 Å². The van der Waals surface area contributed by atoms with Gasteiger partial charge in [-0.1, -0.05) is 187 Å². The van der Waals surface area contributed by atoms with E-state index in [-0.39, 0.29) is 11.9 Å². The largest absolute Gasteiger partial charge is 0.462 e. The van der Waals surface area contributed by atoms with Crippen molar-refractivity contribution in [2.45, 2.75) is 180 Å². The van der Waals surface area contributed by atoms with E-state index in [2.05, 4.69) is 20.1 Å². The summed E-state index contributed by atoms with van der Waals surface area (Å²) in [6.45, 7) is 11.0. The smallest absolute Gasteiger partial charge is 0.330 e. The molecule has 0 spiro atoms. The van der Waals surface area contributed by atoms with Gasteiger partial charge in [-0.2, -0.15) is 0 Å². The second-order valence-electron chi connectivity index (χ2n) is 12.2. The van der Waals surface area contributed by atoms with Crippen molar-refractivity contribution in [3.8, 4) is 0 Å². The Kier molecular flexibility index (Phi) is 33.2. The minimum Gasteiger partial charge on any atom is -0.462 e. The number of hydrogen-bond donors (Lipinski definition) is 0. The Morgan fingerprint density at radius 1 is 0.550 bits per heavy atom. The van der Waals surface area contributed by atoms with Crippen LogP contribution in [0.1, 0.15) is 180 Å². The molecule has 0 N–H and O–H groups in total. The Hall–Kier alpha value is -1.09. The van der Waals surface area contributed by atoms with Crippen molar-refractivity contribution in [2.24, 2.45) is 5.92 Å². The predicted octanol–water partition coefficient (Wildman–Crippen LogP) is 12.1. The van der Waals surface area contributed by atoms with Crippen molar-refractivity contribution in [1.82, 2.24) is 0 Å². The molecule has 0 aliphatic carbocycles. The number of rotatable bonds is 34. The molecular weight excluding hydrogens is 492 g/mol. The van der Waals surface area contributed by atoms with Crippen molar-refractivity contribution < 1.29 is 14.3 Å². The van der Waals surface area contributed by atoms with E-state index in [1.807, 2.05) is 0 Å². The second kappa shape index (κ2) is 34.1. The minimum absolute atomic E-state index is 0.262. The quantitative estimate of drug-likeness (QED) is 0.0338. The standard InChI is InChI=1S/C37H70O3/c1-4-7-8-9-10-11-12-13-14-15-16-17-18-19-20-21-22-23-24-25-26-27-28-29-30-31-32-36(34-39-33-5-2)35-40-37(38)6-3/h5-6,36H,2-4,7-35H2,1H3. The van der Waals surface area contributed by atoms with Gasteiger partial charge in [0, 0.05) is 12.0 Å². The third-order valence-corrected chi connectivity index (χ3v) is 8.18. The lowest BCUT2D eigenvalue weighted by molar-refractivity contribution is -0.139. The van der Waals surface area contributed by atoms with Crippen LogP contribution in [-0.4, -0.2) is 25.8 Å². The summed E-state index contributed by atoms with van der Waals surface area (Å²) in [5, 5.41) is 0. The molecular formula is C37H70O3. The van der Waals surface area contributed by atoms with Crippen LogP contribution < -0.4 is 0 Å². The SMILES string of the molecule is C=CCOCC(CCCCCCCCCCCCCCCCCCCCCCCCCCCC)COC(=O)C=C. The Labute approximate surface area is 251 Å². The normalized spacial score (nSPS) is 11.9. The van der Waals surface area contributed by atoms with Crippen LogP contribution in [0.25, 0.3) is 0 Å². The van der Waals surface area contributed by atoms with Crippen molar-refractivity contribution in [1.29, 1.82) is 0 Å². The van der Waals surface area contributed by atoms with Crippen molar-refractivity contribution in [2.75, 3.05) is 19.8 Å². The maximum absolute atomic E-state index is 11.3. The first-order chi connectivity index (χ1) is 19.7. The molecule has 0 saturated carbocycles. The second-order valence-corrected chi connectivity index (χ2v) is 12.2. The first-order valence-electron chi connectivity index (χ1n) is 17.7. The molecule has 3 heteroatoms. The molecule has 3 nitrogen and oxygen atoms in total. The van der Waals surface area contributed by atoms with Crippen molar-refractivity contribution in [3.05, 3.63) is 25.3 Å². The zero-order valence-corrected chi connectivity index (χ0v) is 27.1. The highest BCUT2D eigenvalue weighted by atomic mass is 16.5. The monoisotopic (exact) mass is 563 g/mol. The number of carbonyl (C=O) groups excluding carboxylic acids is 1. The lowest BCUT2D eigenvalue weighted by Gasteiger charge is -2.16. The summed E-state index contributed by atoms with van der Waals surface area (Å²) in [5.74, 6) is -0.0861. The fraction of sp³-hybridized carbons (Fsp3) is 0.865. The summed E-state index contributed by atoms with van der Waals surface area (Å²) in [6, 6.07) is 0. The predicted molar refractivity (Wildman–Crippen MR) is 176 cm³/mol. The van der Waals surface area contributed by atoms with E-state index in [1.165, 1.54) is 173 Å². The molecule has 0 rings (SSSR count). The van der Waals surface area contributed by atoms with E-state index in [4.69, 9.17) is 9.47 Å². The van der Waals surface area contributed by atoms with Gasteiger partial charge in [-0.25, -0.2) is 4.79 Å². The average Bonchev–Trinajstić information content (AvgIpc) is 2.97. The fourth-order valence-corrected chi connectivity index (χ4v) is 5.54. The van der Waals surface area contributed by atoms with Gasteiger partial charge in [0.05, 0.1) is 19.8 Å². The lowest BCUT2D eigenvalue weighted by atomic mass is 10.0. The molecule has 40 heavy (non-hydrogen) atoms. The van der Waals surface area contributed by atoms with Gasteiger partial charge < -0.3 is 9.47 Å².